The van der Waals surface area contributed by atoms with Crippen LogP contribution in [0.5, 0.6) is 0 Å². The lowest BCUT2D eigenvalue weighted by Gasteiger charge is -2.33. The van der Waals surface area contributed by atoms with E-state index in [2.05, 4.69) is 27.7 Å². The minimum atomic E-state index is -1.07. The molecule has 0 aromatic carbocycles. The molecule has 2 unspecified atom stereocenters. The summed E-state index contributed by atoms with van der Waals surface area (Å²) in [4.78, 5) is 26.2. The normalized spacial score (nSPS) is 17.9. The quantitative estimate of drug-likeness (QED) is 0.149. The van der Waals surface area contributed by atoms with Gasteiger partial charge >= 0.3 is 11.9 Å². The zero-order valence-electron chi connectivity index (χ0n) is 20.3. The van der Waals surface area contributed by atoms with Crippen molar-refractivity contribution in [3.8, 4) is 0 Å². The lowest BCUT2D eigenvalue weighted by molar-refractivity contribution is -0.177. The first-order chi connectivity index (χ1) is 14.5. The number of esters is 2. The predicted octanol–water partition coefficient (Wildman–Crippen LogP) is 7.24. The topological polar surface area (TPSA) is 52.6 Å². The summed E-state index contributed by atoms with van der Waals surface area (Å²) in [6.07, 6.45) is 15.4. The van der Waals surface area contributed by atoms with E-state index in [-0.39, 0.29) is 11.9 Å². The molecule has 0 spiro atoms. The number of unbranched alkanes of at least 4 members (excludes halogenated alkanes) is 4. The van der Waals surface area contributed by atoms with E-state index < -0.39 is 5.41 Å². The van der Waals surface area contributed by atoms with Gasteiger partial charge in [-0.1, -0.05) is 98.3 Å². The SMILES string of the molecule is CCCCCC(CC)COC(=O)C1(C(=O)OCC(CC)CCCCC)CCCCC1. The Kier molecular flexibility index (Phi) is 14.1. The van der Waals surface area contributed by atoms with E-state index >= 15 is 0 Å². The van der Waals surface area contributed by atoms with Crippen LogP contribution in [0.15, 0.2) is 0 Å². The minimum Gasteiger partial charge on any atom is -0.465 e. The molecule has 0 aromatic rings. The van der Waals surface area contributed by atoms with Crippen LogP contribution >= 0.6 is 0 Å². The lowest BCUT2D eigenvalue weighted by Crippen LogP contribution is -2.44. The summed E-state index contributed by atoms with van der Waals surface area (Å²) >= 11 is 0. The molecule has 1 aliphatic carbocycles. The van der Waals surface area contributed by atoms with Crippen LogP contribution in [-0.2, 0) is 19.1 Å². The highest BCUT2D eigenvalue weighted by atomic mass is 16.6. The maximum absolute atomic E-state index is 13.1. The van der Waals surface area contributed by atoms with Crippen molar-refractivity contribution < 1.29 is 19.1 Å². The van der Waals surface area contributed by atoms with Gasteiger partial charge in [0, 0.05) is 0 Å². The zero-order chi connectivity index (χ0) is 22.2. The zero-order valence-corrected chi connectivity index (χ0v) is 20.3. The Morgan fingerprint density at radius 1 is 0.700 bits per heavy atom. The van der Waals surface area contributed by atoms with Crippen molar-refractivity contribution >= 4 is 11.9 Å². The van der Waals surface area contributed by atoms with Gasteiger partial charge in [0.05, 0.1) is 13.2 Å². The van der Waals surface area contributed by atoms with E-state index in [4.69, 9.17) is 9.47 Å². The summed E-state index contributed by atoms with van der Waals surface area (Å²) in [5, 5.41) is 0. The Bertz CT molecular complexity index is 432. The van der Waals surface area contributed by atoms with Gasteiger partial charge in [0.25, 0.3) is 0 Å². The summed E-state index contributed by atoms with van der Waals surface area (Å²) in [5.74, 6) is 0.112. The molecule has 4 nitrogen and oxygen atoms in total. The molecule has 1 saturated carbocycles. The standard InChI is InChI=1S/C26H48O4/c1-5-9-12-16-22(7-3)20-29-24(27)26(18-14-11-15-19-26)25(28)30-21-23(8-4)17-13-10-6-2/h22-23H,5-21H2,1-4H3. The van der Waals surface area contributed by atoms with Gasteiger partial charge in [0.1, 0.15) is 0 Å². The second-order valence-corrected chi connectivity index (χ2v) is 9.38. The first kappa shape index (κ1) is 27.0. The molecular formula is C26H48O4. The number of hydrogen-bond donors (Lipinski definition) is 0. The van der Waals surface area contributed by atoms with Crippen molar-refractivity contribution in [3.05, 3.63) is 0 Å². The van der Waals surface area contributed by atoms with Crippen molar-refractivity contribution in [2.24, 2.45) is 17.3 Å². The monoisotopic (exact) mass is 424 g/mol. The summed E-state index contributed by atoms with van der Waals surface area (Å²) in [7, 11) is 0. The molecule has 30 heavy (non-hydrogen) atoms. The fourth-order valence-electron chi connectivity index (χ4n) is 4.49. The van der Waals surface area contributed by atoms with Crippen LogP contribution < -0.4 is 0 Å². The van der Waals surface area contributed by atoms with Crippen LogP contribution in [0.3, 0.4) is 0 Å². The van der Waals surface area contributed by atoms with E-state index in [1.165, 1.54) is 38.5 Å². The van der Waals surface area contributed by atoms with Gasteiger partial charge in [0.2, 0.25) is 0 Å². The van der Waals surface area contributed by atoms with Crippen LogP contribution in [0.4, 0.5) is 0 Å². The highest BCUT2D eigenvalue weighted by Gasteiger charge is 2.49. The van der Waals surface area contributed by atoms with Crippen molar-refractivity contribution in [1.82, 2.24) is 0 Å². The lowest BCUT2D eigenvalue weighted by atomic mass is 9.74. The fourth-order valence-corrected chi connectivity index (χ4v) is 4.49. The number of hydrogen-bond acceptors (Lipinski definition) is 4. The number of rotatable bonds is 16. The average molecular weight is 425 g/mol. The Labute approximate surface area is 185 Å². The Hall–Kier alpha value is -1.06. The summed E-state index contributed by atoms with van der Waals surface area (Å²) in [6, 6.07) is 0. The van der Waals surface area contributed by atoms with Gasteiger partial charge < -0.3 is 9.47 Å². The molecule has 0 aromatic heterocycles. The largest absolute Gasteiger partial charge is 0.465 e. The molecular weight excluding hydrogens is 376 g/mol. The molecule has 0 N–H and O–H groups in total. The number of ether oxygens (including phenoxy) is 2. The average Bonchev–Trinajstić information content (AvgIpc) is 2.78. The van der Waals surface area contributed by atoms with Crippen LogP contribution in [0, 0.1) is 17.3 Å². The molecule has 0 heterocycles. The van der Waals surface area contributed by atoms with Gasteiger partial charge in [-0.25, -0.2) is 0 Å². The third-order valence-electron chi connectivity index (χ3n) is 6.98. The van der Waals surface area contributed by atoms with Crippen molar-refractivity contribution in [3.63, 3.8) is 0 Å². The molecule has 2 atom stereocenters. The molecule has 4 heteroatoms. The Balaban J connectivity index is 2.65. The summed E-state index contributed by atoms with van der Waals surface area (Å²) < 4.78 is 11.5. The first-order valence-electron chi connectivity index (χ1n) is 12.9. The second kappa shape index (κ2) is 15.7. The summed E-state index contributed by atoms with van der Waals surface area (Å²) in [6.45, 7) is 9.57. The molecule has 0 saturated heterocycles. The van der Waals surface area contributed by atoms with E-state index in [1.807, 2.05) is 0 Å². The van der Waals surface area contributed by atoms with E-state index in [9.17, 15) is 9.59 Å². The van der Waals surface area contributed by atoms with Crippen LogP contribution in [0.1, 0.15) is 124 Å². The molecule has 1 rings (SSSR count). The molecule has 0 radical (unpaired) electrons. The Morgan fingerprint density at radius 2 is 1.13 bits per heavy atom. The van der Waals surface area contributed by atoms with E-state index in [1.54, 1.807) is 0 Å². The predicted molar refractivity (Wildman–Crippen MR) is 123 cm³/mol. The van der Waals surface area contributed by atoms with E-state index in [0.29, 0.717) is 37.9 Å². The van der Waals surface area contributed by atoms with Crippen molar-refractivity contribution in [2.75, 3.05) is 13.2 Å². The maximum atomic E-state index is 13.1. The fraction of sp³-hybridized carbons (Fsp3) is 0.923. The Morgan fingerprint density at radius 3 is 1.50 bits per heavy atom. The first-order valence-corrected chi connectivity index (χ1v) is 12.9. The molecule has 0 amide bonds. The number of carbonyl (C=O) groups is 2. The highest BCUT2D eigenvalue weighted by molar-refractivity contribution is 6.00. The molecule has 1 aliphatic rings. The van der Waals surface area contributed by atoms with Gasteiger partial charge in [-0.3, -0.25) is 9.59 Å². The van der Waals surface area contributed by atoms with Gasteiger partial charge in [-0.05, 0) is 37.5 Å². The molecule has 0 bridgehead atoms. The highest BCUT2D eigenvalue weighted by Crippen LogP contribution is 2.39. The van der Waals surface area contributed by atoms with Gasteiger partial charge in [0.15, 0.2) is 5.41 Å². The van der Waals surface area contributed by atoms with Crippen LogP contribution in [0.2, 0.25) is 0 Å². The minimum absolute atomic E-state index is 0.333. The molecule has 1 fully saturated rings. The van der Waals surface area contributed by atoms with Crippen molar-refractivity contribution in [2.45, 2.75) is 124 Å². The van der Waals surface area contributed by atoms with Gasteiger partial charge in [-0.15, -0.1) is 0 Å². The third kappa shape index (κ3) is 8.98. The van der Waals surface area contributed by atoms with E-state index in [0.717, 1.165) is 44.9 Å². The molecule has 0 aliphatic heterocycles. The van der Waals surface area contributed by atoms with Crippen LogP contribution in [-0.4, -0.2) is 25.2 Å². The summed E-state index contributed by atoms with van der Waals surface area (Å²) in [5.41, 5.74) is -1.07. The molecule has 176 valence electrons. The second-order valence-electron chi connectivity index (χ2n) is 9.38. The third-order valence-corrected chi connectivity index (χ3v) is 6.98. The van der Waals surface area contributed by atoms with Crippen molar-refractivity contribution in [1.29, 1.82) is 0 Å². The smallest absolute Gasteiger partial charge is 0.323 e. The van der Waals surface area contributed by atoms with Crippen LogP contribution in [0.25, 0.3) is 0 Å². The number of carbonyl (C=O) groups excluding carboxylic acids is 2. The maximum Gasteiger partial charge on any atom is 0.323 e. The van der Waals surface area contributed by atoms with Gasteiger partial charge in [-0.2, -0.15) is 0 Å².